The molecule has 0 bridgehead atoms. The topological polar surface area (TPSA) is 61.5 Å². The monoisotopic (exact) mass is 273 g/mol. The zero-order valence-corrected chi connectivity index (χ0v) is 11.5. The molecule has 1 atom stereocenters. The fraction of sp³-hybridized carbons (Fsp3) is 0.462. The minimum atomic E-state index is -0.286. The van der Waals surface area contributed by atoms with Gasteiger partial charge in [0.25, 0.3) is 0 Å². The van der Waals surface area contributed by atoms with Crippen molar-refractivity contribution in [2.45, 2.75) is 19.3 Å². The summed E-state index contributed by atoms with van der Waals surface area (Å²) in [6, 6.07) is 7.41. The summed E-state index contributed by atoms with van der Waals surface area (Å²) in [7, 11) is 1.61. The number of hydrogen-bond donors (Lipinski definition) is 1. The van der Waals surface area contributed by atoms with Gasteiger partial charge < -0.3 is 15.2 Å². The first kappa shape index (κ1) is 16.7. The van der Waals surface area contributed by atoms with Gasteiger partial charge in [0, 0.05) is 0 Å². The van der Waals surface area contributed by atoms with Crippen molar-refractivity contribution in [1.82, 2.24) is 0 Å². The summed E-state index contributed by atoms with van der Waals surface area (Å²) >= 11 is 0. The Morgan fingerprint density at radius 1 is 1.33 bits per heavy atom. The van der Waals surface area contributed by atoms with E-state index in [1.807, 2.05) is 24.3 Å². The SMILES string of the molecule is CCOC(=O)C(CCN)c1ccc(OC)cc1.Cl. The Morgan fingerprint density at radius 3 is 2.39 bits per heavy atom. The molecule has 0 aromatic heterocycles. The first-order valence-electron chi connectivity index (χ1n) is 5.73. The molecule has 1 aromatic carbocycles. The second kappa shape index (κ2) is 8.78. The van der Waals surface area contributed by atoms with Crippen molar-refractivity contribution in [1.29, 1.82) is 0 Å². The maximum atomic E-state index is 11.8. The highest BCUT2D eigenvalue weighted by atomic mass is 35.5. The predicted octanol–water partition coefficient (Wildman–Crippen LogP) is 2.11. The molecule has 0 amide bonds. The molecular formula is C13H20ClNO3. The van der Waals surface area contributed by atoms with E-state index >= 15 is 0 Å². The van der Waals surface area contributed by atoms with E-state index in [0.29, 0.717) is 19.6 Å². The second-order valence-corrected chi connectivity index (χ2v) is 3.66. The molecular weight excluding hydrogens is 254 g/mol. The number of carbonyl (C=O) groups is 1. The van der Waals surface area contributed by atoms with Gasteiger partial charge in [0.15, 0.2) is 0 Å². The Labute approximate surface area is 114 Å². The summed E-state index contributed by atoms with van der Waals surface area (Å²) in [5, 5.41) is 0. The summed E-state index contributed by atoms with van der Waals surface area (Å²) in [6.07, 6.45) is 0.588. The minimum Gasteiger partial charge on any atom is -0.497 e. The van der Waals surface area contributed by atoms with E-state index < -0.39 is 0 Å². The van der Waals surface area contributed by atoms with Gasteiger partial charge in [-0.15, -0.1) is 12.4 Å². The number of halogens is 1. The number of rotatable bonds is 6. The largest absolute Gasteiger partial charge is 0.497 e. The van der Waals surface area contributed by atoms with Gasteiger partial charge in [-0.3, -0.25) is 4.79 Å². The van der Waals surface area contributed by atoms with Crippen molar-refractivity contribution in [2.75, 3.05) is 20.3 Å². The summed E-state index contributed by atoms with van der Waals surface area (Å²) in [4.78, 5) is 11.8. The lowest BCUT2D eigenvalue weighted by molar-refractivity contribution is -0.145. The number of methoxy groups -OCH3 is 1. The van der Waals surface area contributed by atoms with Crippen LogP contribution in [0.1, 0.15) is 24.8 Å². The maximum Gasteiger partial charge on any atom is 0.313 e. The van der Waals surface area contributed by atoms with Gasteiger partial charge in [0.1, 0.15) is 5.75 Å². The quantitative estimate of drug-likeness (QED) is 0.807. The lowest BCUT2D eigenvalue weighted by Crippen LogP contribution is -2.19. The molecule has 0 saturated carbocycles. The number of benzene rings is 1. The second-order valence-electron chi connectivity index (χ2n) is 3.66. The van der Waals surface area contributed by atoms with Crippen LogP contribution in [-0.4, -0.2) is 26.2 Å². The van der Waals surface area contributed by atoms with E-state index in [4.69, 9.17) is 15.2 Å². The molecule has 2 N–H and O–H groups in total. The Kier molecular flexibility index (Phi) is 8.16. The molecule has 0 aliphatic carbocycles. The minimum absolute atomic E-state index is 0. The zero-order valence-electron chi connectivity index (χ0n) is 10.7. The summed E-state index contributed by atoms with van der Waals surface area (Å²) in [6.45, 7) is 2.64. The van der Waals surface area contributed by atoms with Crippen LogP contribution in [0.5, 0.6) is 5.75 Å². The molecule has 5 heteroatoms. The van der Waals surface area contributed by atoms with E-state index in [2.05, 4.69) is 0 Å². The number of carbonyl (C=O) groups excluding carboxylic acids is 1. The Hall–Kier alpha value is -1.26. The van der Waals surface area contributed by atoms with Crippen molar-refractivity contribution in [3.63, 3.8) is 0 Å². The normalized spacial score (nSPS) is 11.3. The van der Waals surface area contributed by atoms with E-state index in [9.17, 15) is 4.79 Å². The number of esters is 1. The molecule has 18 heavy (non-hydrogen) atoms. The third-order valence-electron chi connectivity index (χ3n) is 2.54. The van der Waals surface area contributed by atoms with Gasteiger partial charge in [0.2, 0.25) is 0 Å². The number of ether oxygens (including phenoxy) is 2. The summed E-state index contributed by atoms with van der Waals surface area (Å²) in [5.41, 5.74) is 6.44. The third kappa shape index (κ3) is 4.55. The van der Waals surface area contributed by atoms with Crippen LogP contribution < -0.4 is 10.5 Å². The highest BCUT2D eigenvalue weighted by molar-refractivity contribution is 5.85. The zero-order chi connectivity index (χ0) is 12.7. The molecule has 1 aromatic rings. The Balaban J connectivity index is 0.00000289. The van der Waals surface area contributed by atoms with Gasteiger partial charge in [-0.1, -0.05) is 12.1 Å². The lowest BCUT2D eigenvalue weighted by Gasteiger charge is -2.15. The van der Waals surface area contributed by atoms with Crippen LogP contribution in [0.4, 0.5) is 0 Å². The average molecular weight is 274 g/mol. The smallest absolute Gasteiger partial charge is 0.313 e. The molecule has 0 radical (unpaired) electrons. The van der Waals surface area contributed by atoms with Gasteiger partial charge in [0.05, 0.1) is 19.6 Å². The molecule has 0 saturated heterocycles. The van der Waals surface area contributed by atoms with Crippen LogP contribution in [0.2, 0.25) is 0 Å². The van der Waals surface area contributed by atoms with E-state index in [-0.39, 0.29) is 24.3 Å². The fourth-order valence-corrected chi connectivity index (χ4v) is 1.67. The molecule has 0 aliphatic heterocycles. The van der Waals surface area contributed by atoms with Crippen molar-refractivity contribution in [2.24, 2.45) is 5.73 Å². The van der Waals surface area contributed by atoms with Crippen molar-refractivity contribution in [3.8, 4) is 5.75 Å². The highest BCUT2D eigenvalue weighted by Crippen LogP contribution is 2.23. The lowest BCUT2D eigenvalue weighted by atomic mass is 9.96. The standard InChI is InChI=1S/C13H19NO3.ClH/c1-3-17-13(15)12(8-9-14)10-4-6-11(16-2)7-5-10;/h4-7,12H,3,8-9,14H2,1-2H3;1H. The first-order valence-corrected chi connectivity index (χ1v) is 5.73. The van der Waals surface area contributed by atoms with Gasteiger partial charge >= 0.3 is 5.97 Å². The van der Waals surface area contributed by atoms with Gasteiger partial charge in [-0.05, 0) is 37.6 Å². The fourth-order valence-electron chi connectivity index (χ4n) is 1.67. The number of nitrogens with two attached hydrogens (primary N) is 1. The van der Waals surface area contributed by atoms with Crippen molar-refractivity contribution < 1.29 is 14.3 Å². The first-order chi connectivity index (χ1) is 8.22. The molecule has 1 unspecified atom stereocenters. The average Bonchev–Trinajstić information content (AvgIpc) is 2.36. The molecule has 1 rings (SSSR count). The van der Waals surface area contributed by atoms with Crippen LogP contribution in [0, 0.1) is 0 Å². The predicted molar refractivity (Wildman–Crippen MR) is 73.3 cm³/mol. The number of hydrogen-bond acceptors (Lipinski definition) is 4. The van der Waals surface area contributed by atoms with Gasteiger partial charge in [-0.2, -0.15) is 0 Å². The van der Waals surface area contributed by atoms with E-state index in [1.54, 1.807) is 14.0 Å². The summed E-state index contributed by atoms with van der Waals surface area (Å²) in [5.74, 6) is 0.262. The van der Waals surface area contributed by atoms with E-state index in [0.717, 1.165) is 11.3 Å². The maximum absolute atomic E-state index is 11.8. The van der Waals surface area contributed by atoms with Crippen LogP contribution >= 0.6 is 12.4 Å². The van der Waals surface area contributed by atoms with Crippen molar-refractivity contribution >= 4 is 18.4 Å². The Morgan fingerprint density at radius 2 is 1.94 bits per heavy atom. The Bertz CT molecular complexity index is 354. The molecule has 0 heterocycles. The molecule has 0 fully saturated rings. The highest BCUT2D eigenvalue weighted by Gasteiger charge is 2.20. The van der Waals surface area contributed by atoms with E-state index in [1.165, 1.54) is 0 Å². The van der Waals surface area contributed by atoms with Crippen LogP contribution in [0.25, 0.3) is 0 Å². The summed E-state index contributed by atoms with van der Waals surface area (Å²) < 4.78 is 10.1. The van der Waals surface area contributed by atoms with Crippen LogP contribution in [0.3, 0.4) is 0 Å². The van der Waals surface area contributed by atoms with Crippen molar-refractivity contribution in [3.05, 3.63) is 29.8 Å². The third-order valence-corrected chi connectivity index (χ3v) is 2.54. The van der Waals surface area contributed by atoms with Crippen LogP contribution in [-0.2, 0) is 9.53 Å². The molecule has 4 nitrogen and oxygen atoms in total. The molecule has 0 aliphatic rings. The molecule has 102 valence electrons. The van der Waals surface area contributed by atoms with Gasteiger partial charge in [-0.25, -0.2) is 0 Å². The van der Waals surface area contributed by atoms with Crippen LogP contribution in [0.15, 0.2) is 24.3 Å². The molecule has 0 spiro atoms.